The minimum Gasteiger partial charge on any atom is -0.490 e. The SMILES string of the molecule is CCOc1cc(/C=N\NC(=O)c2cccnc2)cc(Br)c1OCc1ccccc1. The highest BCUT2D eigenvalue weighted by atomic mass is 79.9. The molecular weight excluding hydrogens is 434 g/mol. The van der Waals surface area contributed by atoms with Crippen molar-refractivity contribution in [1.29, 1.82) is 0 Å². The van der Waals surface area contributed by atoms with E-state index in [-0.39, 0.29) is 5.91 Å². The fourth-order valence-electron chi connectivity index (χ4n) is 2.52. The topological polar surface area (TPSA) is 72.8 Å². The number of amides is 1. The average molecular weight is 454 g/mol. The summed E-state index contributed by atoms with van der Waals surface area (Å²) in [4.78, 5) is 15.9. The van der Waals surface area contributed by atoms with Crippen LogP contribution in [-0.4, -0.2) is 23.7 Å². The van der Waals surface area contributed by atoms with Crippen LogP contribution in [0.15, 0.2) is 76.6 Å². The number of hydrogen-bond donors (Lipinski definition) is 1. The molecule has 0 saturated carbocycles. The lowest BCUT2D eigenvalue weighted by Crippen LogP contribution is -2.17. The van der Waals surface area contributed by atoms with Crippen molar-refractivity contribution in [2.24, 2.45) is 5.10 Å². The summed E-state index contributed by atoms with van der Waals surface area (Å²) in [6, 6.07) is 16.9. The summed E-state index contributed by atoms with van der Waals surface area (Å²) in [7, 11) is 0. The zero-order valence-electron chi connectivity index (χ0n) is 15.8. The number of hydrogen-bond acceptors (Lipinski definition) is 5. The van der Waals surface area contributed by atoms with E-state index < -0.39 is 0 Å². The van der Waals surface area contributed by atoms with Gasteiger partial charge >= 0.3 is 0 Å². The van der Waals surface area contributed by atoms with E-state index in [1.165, 1.54) is 6.20 Å². The molecule has 0 bridgehead atoms. The van der Waals surface area contributed by atoms with Gasteiger partial charge in [0.1, 0.15) is 6.61 Å². The molecular formula is C22H20BrN3O3. The summed E-state index contributed by atoms with van der Waals surface area (Å²) >= 11 is 3.54. The fourth-order valence-corrected chi connectivity index (χ4v) is 3.10. The maximum absolute atomic E-state index is 12.0. The first-order chi connectivity index (χ1) is 14.2. The third-order valence-corrected chi connectivity index (χ3v) is 4.45. The largest absolute Gasteiger partial charge is 0.490 e. The summed E-state index contributed by atoms with van der Waals surface area (Å²) in [5.41, 5.74) is 4.73. The van der Waals surface area contributed by atoms with E-state index in [2.05, 4.69) is 31.4 Å². The van der Waals surface area contributed by atoms with Gasteiger partial charge in [-0.1, -0.05) is 30.3 Å². The molecule has 0 spiro atoms. The predicted molar refractivity (Wildman–Crippen MR) is 115 cm³/mol. The Morgan fingerprint density at radius 3 is 2.72 bits per heavy atom. The number of carbonyl (C=O) groups is 1. The van der Waals surface area contributed by atoms with Gasteiger partial charge in [-0.3, -0.25) is 9.78 Å². The first-order valence-corrected chi connectivity index (χ1v) is 9.83. The first kappa shape index (κ1) is 20.5. The Balaban J connectivity index is 1.72. The maximum Gasteiger partial charge on any atom is 0.272 e. The number of nitrogens with zero attached hydrogens (tertiary/aromatic N) is 2. The number of ether oxygens (including phenoxy) is 2. The summed E-state index contributed by atoms with van der Waals surface area (Å²) in [6.07, 6.45) is 4.63. The van der Waals surface area contributed by atoms with Crippen LogP contribution >= 0.6 is 15.9 Å². The molecule has 0 aliphatic carbocycles. The molecule has 1 amide bonds. The molecule has 6 nitrogen and oxygen atoms in total. The van der Waals surface area contributed by atoms with Crippen molar-refractivity contribution in [3.8, 4) is 11.5 Å². The Kier molecular flexibility index (Phi) is 7.35. The lowest BCUT2D eigenvalue weighted by Gasteiger charge is -2.14. The van der Waals surface area contributed by atoms with Crippen molar-refractivity contribution in [2.45, 2.75) is 13.5 Å². The standard InChI is InChI=1S/C22H20BrN3O3/c1-2-28-20-12-17(13-25-26-22(27)18-9-6-10-24-14-18)11-19(23)21(20)29-15-16-7-4-3-5-8-16/h3-14H,2,15H2,1H3,(H,26,27)/b25-13-. The Bertz CT molecular complexity index is 979. The van der Waals surface area contributed by atoms with Gasteiger partial charge in [0.2, 0.25) is 0 Å². The van der Waals surface area contributed by atoms with E-state index in [9.17, 15) is 4.79 Å². The molecule has 1 heterocycles. The molecule has 0 aliphatic rings. The van der Waals surface area contributed by atoms with Crippen LogP contribution in [0, 0.1) is 0 Å². The summed E-state index contributed by atoms with van der Waals surface area (Å²) in [5.74, 6) is 0.881. The molecule has 2 aromatic carbocycles. The number of aromatic nitrogens is 1. The Hall–Kier alpha value is -3.19. The van der Waals surface area contributed by atoms with E-state index in [1.807, 2.05) is 49.4 Å². The molecule has 0 unspecified atom stereocenters. The molecule has 1 aromatic heterocycles. The van der Waals surface area contributed by atoms with Crippen molar-refractivity contribution in [3.63, 3.8) is 0 Å². The van der Waals surface area contributed by atoms with E-state index in [4.69, 9.17) is 9.47 Å². The number of nitrogens with one attached hydrogen (secondary N) is 1. The Morgan fingerprint density at radius 1 is 1.17 bits per heavy atom. The Labute approximate surface area is 177 Å². The quantitative estimate of drug-likeness (QED) is 0.399. The number of halogens is 1. The van der Waals surface area contributed by atoms with Crippen molar-refractivity contribution in [2.75, 3.05) is 6.61 Å². The number of benzene rings is 2. The van der Waals surface area contributed by atoms with Gasteiger partial charge in [-0.15, -0.1) is 0 Å². The predicted octanol–water partition coefficient (Wildman–Crippen LogP) is 4.59. The summed E-state index contributed by atoms with van der Waals surface area (Å²) in [6.45, 7) is 2.82. The van der Waals surface area contributed by atoms with Crippen molar-refractivity contribution < 1.29 is 14.3 Å². The highest BCUT2D eigenvalue weighted by Gasteiger charge is 2.12. The second-order valence-corrected chi connectivity index (χ2v) is 6.83. The summed E-state index contributed by atoms with van der Waals surface area (Å²) < 4.78 is 12.4. The van der Waals surface area contributed by atoms with Crippen LogP contribution in [0.3, 0.4) is 0 Å². The second-order valence-electron chi connectivity index (χ2n) is 5.98. The molecule has 0 radical (unpaired) electrons. The highest BCUT2D eigenvalue weighted by molar-refractivity contribution is 9.10. The molecule has 148 valence electrons. The molecule has 0 fully saturated rings. The second kappa shape index (κ2) is 10.4. The van der Waals surface area contributed by atoms with Crippen LogP contribution in [0.2, 0.25) is 0 Å². The maximum atomic E-state index is 12.0. The van der Waals surface area contributed by atoms with E-state index in [0.717, 1.165) is 15.6 Å². The smallest absolute Gasteiger partial charge is 0.272 e. The first-order valence-electron chi connectivity index (χ1n) is 9.04. The van der Waals surface area contributed by atoms with Crippen molar-refractivity contribution >= 4 is 28.1 Å². The molecule has 29 heavy (non-hydrogen) atoms. The fraction of sp³-hybridized carbons (Fsp3) is 0.136. The number of rotatable bonds is 8. The number of carbonyl (C=O) groups excluding carboxylic acids is 1. The molecule has 0 saturated heterocycles. The van der Waals surface area contributed by atoms with Crippen LogP contribution < -0.4 is 14.9 Å². The van der Waals surface area contributed by atoms with Crippen LogP contribution in [0.4, 0.5) is 0 Å². The summed E-state index contributed by atoms with van der Waals surface area (Å²) in [5, 5.41) is 4.01. The molecule has 7 heteroatoms. The van der Waals surface area contributed by atoms with Gasteiger partial charge in [0.05, 0.1) is 22.9 Å². The van der Waals surface area contributed by atoms with Gasteiger partial charge in [-0.25, -0.2) is 5.43 Å². The molecule has 3 aromatic rings. The van der Waals surface area contributed by atoms with Crippen molar-refractivity contribution in [1.82, 2.24) is 10.4 Å². The third kappa shape index (κ3) is 5.89. The minimum atomic E-state index is -0.332. The monoisotopic (exact) mass is 453 g/mol. The van der Waals surface area contributed by atoms with E-state index in [0.29, 0.717) is 30.3 Å². The van der Waals surface area contributed by atoms with Gasteiger partial charge in [0, 0.05) is 12.4 Å². The lowest BCUT2D eigenvalue weighted by molar-refractivity contribution is 0.0955. The molecule has 3 rings (SSSR count). The molecule has 1 N–H and O–H groups in total. The van der Waals surface area contributed by atoms with Crippen molar-refractivity contribution in [3.05, 3.63) is 88.2 Å². The van der Waals surface area contributed by atoms with E-state index in [1.54, 1.807) is 24.5 Å². The number of pyridine rings is 1. The van der Waals surface area contributed by atoms with E-state index >= 15 is 0 Å². The van der Waals surface area contributed by atoms with Gasteiger partial charge in [-0.05, 0) is 58.2 Å². The number of hydrazone groups is 1. The zero-order valence-corrected chi connectivity index (χ0v) is 17.4. The van der Waals surface area contributed by atoms with Gasteiger partial charge in [0.15, 0.2) is 11.5 Å². The average Bonchev–Trinajstić information content (AvgIpc) is 2.74. The van der Waals surface area contributed by atoms with Crippen LogP contribution in [0.25, 0.3) is 0 Å². The molecule has 0 atom stereocenters. The van der Waals surface area contributed by atoms with Gasteiger partial charge in [-0.2, -0.15) is 5.10 Å². The van der Waals surface area contributed by atoms with Crippen LogP contribution in [0.5, 0.6) is 11.5 Å². The van der Waals surface area contributed by atoms with Gasteiger partial charge < -0.3 is 9.47 Å². The lowest BCUT2D eigenvalue weighted by atomic mass is 10.2. The third-order valence-electron chi connectivity index (χ3n) is 3.86. The molecule has 0 aliphatic heterocycles. The Morgan fingerprint density at radius 2 is 2.00 bits per heavy atom. The zero-order chi connectivity index (χ0) is 20.5. The van der Waals surface area contributed by atoms with Crippen LogP contribution in [0.1, 0.15) is 28.4 Å². The van der Waals surface area contributed by atoms with Crippen LogP contribution in [-0.2, 0) is 6.61 Å². The van der Waals surface area contributed by atoms with Gasteiger partial charge in [0.25, 0.3) is 5.91 Å². The highest BCUT2D eigenvalue weighted by Crippen LogP contribution is 2.37. The normalized spacial score (nSPS) is 10.7. The minimum absolute atomic E-state index is 0.332.